The molecule has 0 fully saturated rings. The molecule has 0 saturated heterocycles. The average molecular weight is 410 g/mol. The van der Waals surface area contributed by atoms with Gasteiger partial charge in [0.25, 0.3) is 0 Å². The molecule has 0 aromatic heterocycles. The van der Waals surface area contributed by atoms with Gasteiger partial charge in [0.2, 0.25) is 5.91 Å². The Kier molecular flexibility index (Phi) is 7.68. The molecule has 0 radical (unpaired) electrons. The zero-order valence-electron chi connectivity index (χ0n) is 16.1. The fraction of sp³-hybridized carbons (Fsp3) is 0.350. The summed E-state index contributed by atoms with van der Waals surface area (Å²) in [7, 11) is 4.77. The molecule has 0 unspecified atom stereocenters. The second-order valence-corrected chi connectivity index (χ2v) is 7.37. The van der Waals surface area contributed by atoms with Crippen LogP contribution in [0.25, 0.3) is 0 Å². The van der Waals surface area contributed by atoms with Crippen LogP contribution in [0.4, 0.5) is 5.69 Å². The van der Waals surface area contributed by atoms with Gasteiger partial charge in [-0.15, -0.1) is 11.8 Å². The topological polar surface area (TPSA) is 56.8 Å². The number of nitrogens with one attached hydrogen (secondary N) is 1. The van der Waals surface area contributed by atoms with E-state index in [2.05, 4.69) is 5.32 Å². The van der Waals surface area contributed by atoms with Crippen molar-refractivity contribution in [2.24, 2.45) is 0 Å². The number of hydrogen-bond acceptors (Lipinski definition) is 5. The van der Waals surface area contributed by atoms with Crippen molar-refractivity contribution in [2.45, 2.75) is 19.6 Å². The number of benzene rings is 2. The highest BCUT2D eigenvalue weighted by atomic mass is 35.5. The van der Waals surface area contributed by atoms with Crippen LogP contribution in [-0.4, -0.2) is 33.0 Å². The molecule has 2 aromatic rings. The number of methoxy groups -OCH3 is 3. The van der Waals surface area contributed by atoms with Crippen molar-refractivity contribution in [1.29, 1.82) is 0 Å². The van der Waals surface area contributed by atoms with Gasteiger partial charge < -0.3 is 19.5 Å². The Morgan fingerprint density at radius 2 is 1.59 bits per heavy atom. The third-order valence-electron chi connectivity index (χ3n) is 4.09. The highest BCUT2D eigenvalue weighted by Gasteiger charge is 2.12. The molecule has 0 heterocycles. The molecule has 2 aromatic carbocycles. The Morgan fingerprint density at radius 3 is 2.22 bits per heavy atom. The lowest BCUT2D eigenvalue weighted by molar-refractivity contribution is -0.113. The highest BCUT2D eigenvalue weighted by Crippen LogP contribution is 2.33. The van der Waals surface area contributed by atoms with Crippen LogP contribution in [0.5, 0.6) is 17.2 Å². The molecule has 146 valence electrons. The van der Waals surface area contributed by atoms with Gasteiger partial charge in [0.05, 0.1) is 32.8 Å². The quantitative estimate of drug-likeness (QED) is 0.675. The number of amides is 1. The first kappa shape index (κ1) is 21.3. The maximum absolute atomic E-state index is 12.3. The van der Waals surface area contributed by atoms with Crippen molar-refractivity contribution in [3.05, 3.63) is 46.0 Å². The maximum atomic E-state index is 12.3. The third-order valence-corrected chi connectivity index (χ3v) is 5.48. The summed E-state index contributed by atoms with van der Waals surface area (Å²) in [5.74, 6) is 2.84. The lowest BCUT2D eigenvalue weighted by Crippen LogP contribution is -2.15. The van der Waals surface area contributed by atoms with Gasteiger partial charge in [0.1, 0.15) is 5.75 Å². The fourth-order valence-electron chi connectivity index (χ4n) is 2.55. The molecule has 1 N–H and O–H groups in total. The van der Waals surface area contributed by atoms with Crippen LogP contribution in [0.2, 0.25) is 5.02 Å². The van der Waals surface area contributed by atoms with Gasteiger partial charge in [0.15, 0.2) is 11.5 Å². The van der Waals surface area contributed by atoms with Gasteiger partial charge in [-0.3, -0.25) is 4.79 Å². The predicted octanol–water partition coefficient (Wildman–Crippen LogP) is 4.85. The second-order valence-electron chi connectivity index (χ2n) is 5.98. The number of hydrogen-bond donors (Lipinski definition) is 1. The van der Waals surface area contributed by atoms with Crippen LogP contribution < -0.4 is 19.5 Å². The summed E-state index contributed by atoms with van der Waals surface area (Å²) >= 11 is 7.62. The van der Waals surface area contributed by atoms with Crippen LogP contribution in [0.3, 0.4) is 0 Å². The van der Waals surface area contributed by atoms with E-state index in [1.54, 1.807) is 27.4 Å². The predicted molar refractivity (Wildman–Crippen MR) is 112 cm³/mol. The Morgan fingerprint density at radius 1 is 0.963 bits per heavy atom. The number of anilines is 1. The fourth-order valence-corrected chi connectivity index (χ4v) is 3.59. The minimum atomic E-state index is -0.0989. The van der Waals surface area contributed by atoms with E-state index in [0.29, 0.717) is 39.5 Å². The smallest absolute Gasteiger partial charge is 0.234 e. The molecule has 1 amide bonds. The first-order chi connectivity index (χ1) is 12.9. The number of thioether (sulfide) groups is 1. The standard InChI is InChI=1S/C20H24ClNO4S/c1-12-7-18(25-4)19(26-5)8-14(12)10-27-11-20(23)22-16-6-13(2)15(21)9-17(16)24-3/h6-9H,10-11H2,1-5H3,(H,22,23). The zero-order chi connectivity index (χ0) is 20.0. The van der Waals surface area contributed by atoms with Crippen molar-refractivity contribution in [3.63, 3.8) is 0 Å². The van der Waals surface area contributed by atoms with Crippen molar-refractivity contribution in [2.75, 3.05) is 32.4 Å². The molecule has 5 nitrogen and oxygen atoms in total. The molecule has 7 heteroatoms. The van der Waals surface area contributed by atoms with E-state index < -0.39 is 0 Å². The van der Waals surface area contributed by atoms with Crippen LogP contribution in [0.15, 0.2) is 24.3 Å². The van der Waals surface area contributed by atoms with Crippen LogP contribution in [0, 0.1) is 13.8 Å². The number of halogens is 1. The average Bonchev–Trinajstić information content (AvgIpc) is 2.65. The summed E-state index contributed by atoms with van der Waals surface area (Å²) in [6.45, 7) is 3.89. The van der Waals surface area contributed by atoms with Crippen LogP contribution in [-0.2, 0) is 10.5 Å². The monoisotopic (exact) mass is 409 g/mol. The maximum Gasteiger partial charge on any atom is 0.234 e. The first-order valence-electron chi connectivity index (χ1n) is 8.32. The third kappa shape index (κ3) is 5.47. The zero-order valence-corrected chi connectivity index (χ0v) is 17.7. The van der Waals surface area contributed by atoms with Crippen molar-refractivity contribution in [3.8, 4) is 17.2 Å². The van der Waals surface area contributed by atoms with E-state index in [-0.39, 0.29) is 5.91 Å². The Balaban J connectivity index is 1.98. The van der Waals surface area contributed by atoms with Gasteiger partial charge >= 0.3 is 0 Å². The van der Waals surface area contributed by atoms with E-state index in [1.807, 2.05) is 32.0 Å². The molecule has 0 bridgehead atoms. The summed E-state index contributed by atoms with van der Waals surface area (Å²) in [5, 5.41) is 3.48. The summed E-state index contributed by atoms with van der Waals surface area (Å²) in [5.41, 5.74) is 3.69. The number of ether oxygens (including phenoxy) is 3. The lowest BCUT2D eigenvalue weighted by Gasteiger charge is -2.13. The molecule has 0 aliphatic carbocycles. The van der Waals surface area contributed by atoms with Gasteiger partial charge in [0, 0.05) is 16.8 Å². The minimum Gasteiger partial charge on any atom is -0.495 e. The van der Waals surface area contributed by atoms with Gasteiger partial charge in [-0.25, -0.2) is 0 Å². The second kappa shape index (κ2) is 9.76. The number of aryl methyl sites for hydroxylation is 2. The lowest BCUT2D eigenvalue weighted by atomic mass is 10.1. The van der Waals surface area contributed by atoms with Crippen LogP contribution >= 0.6 is 23.4 Å². The molecule has 0 spiro atoms. The summed E-state index contributed by atoms with van der Waals surface area (Å²) in [6, 6.07) is 7.40. The van der Waals surface area contributed by atoms with Gasteiger partial charge in [-0.05, 0) is 48.7 Å². The van der Waals surface area contributed by atoms with Crippen LogP contribution in [0.1, 0.15) is 16.7 Å². The Bertz CT molecular complexity index is 826. The highest BCUT2D eigenvalue weighted by molar-refractivity contribution is 7.99. The van der Waals surface area contributed by atoms with E-state index in [4.69, 9.17) is 25.8 Å². The molecule has 0 atom stereocenters. The normalized spacial score (nSPS) is 10.4. The minimum absolute atomic E-state index is 0.0989. The van der Waals surface area contributed by atoms with Gasteiger partial charge in [-0.1, -0.05) is 11.6 Å². The van der Waals surface area contributed by atoms with Crippen molar-refractivity contribution < 1.29 is 19.0 Å². The largest absolute Gasteiger partial charge is 0.495 e. The molecular weight excluding hydrogens is 386 g/mol. The molecule has 27 heavy (non-hydrogen) atoms. The molecular formula is C20H24ClNO4S. The molecule has 0 aliphatic heterocycles. The van der Waals surface area contributed by atoms with E-state index in [9.17, 15) is 4.79 Å². The van der Waals surface area contributed by atoms with Crippen molar-refractivity contribution >= 4 is 35.0 Å². The molecule has 2 rings (SSSR count). The first-order valence-corrected chi connectivity index (χ1v) is 9.86. The Hall–Kier alpha value is -2.05. The number of carbonyl (C=O) groups excluding carboxylic acids is 1. The van der Waals surface area contributed by atoms with E-state index in [0.717, 1.165) is 16.7 Å². The molecule has 0 saturated carbocycles. The van der Waals surface area contributed by atoms with E-state index >= 15 is 0 Å². The molecule has 0 aliphatic rings. The van der Waals surface area contributed by atoms with Gasteiger partial charge in [-0.2, -0.15) is 0 Å². The number of rotatable bonds is 8. The van der Waals surface area contributed by atoms with E-state index in [1.165, 1.54) is 11.8 Å². The summed E-state index contributed by atoms with van der Waals surface area (Å²) in [4.78, 5) is 12.3. The Labute approximate surface area is 169 Å². The SMILES string of the molecule is COc1cc(Cl)c(C)cc1NC(=O)CSCc1cc(OC)c(OC)cc1C. The number of carbonyl (C=O) groups is 1. The summed E-state index contributed by atoms with van der Waals surface area (Å²) < 4.78 is 15.9. The van der Waals surface area contributed by atoms with Crippen molar-refractivity contribution in [1.82, 2.24) is 0 Å². The summed E-state index contributed by atoms with van der Waals surface area (Å²) in [6.07, 6.45) is 0.